The van der Waals surface area contributed by atoms with Gasteiger partial charge in [-0.25, -0.2) is 9.48 Å². The van der Waals surface area contributed by atoms with Gasteiger partial charge in [0.05, 0.1) is 39.0 Å². The molecule has 14 heteroatoms. The molecule has 10 nitrogen and oxygen atoms in total. The molecule has 0 atom stereocenters. The van der Waals surface area contributed by atoms with Gasteiger partial charge < -0.3 is 32.3 Å². The smallest absolute Gasteiger partial charge is 0.280 e. The highest BCUT2D eigenvalue weighted by molar-refractivity contribution is 6.41. The number of nitrogens with one attached hydrogen (secondary N) is 2. The van der Waals surface area contributed by atoms with Gasteiger partial charge in [-0.2, -0.15) is 0 Å². The summed E-state index contributed by atoms with van der Waals surface area (Å²) in [5, 5.41) is 24.9. The van der Waals surface area contributed by atoms with E-state index in [0.717, 1.165) is 0 Å². The van der Waals surface area contributed by atoms with Crippen LogP contribution in [0.4, 0.5) is 22.7 Å². The molecule has 33 heavy (non-hydrogen) atoms. The summed E-state index contributed by atoms with van der Waals surface area (Å²) in [4.78, 5) is 29.3. The molecule has 1 aliphatic heterocycles. The second-order valence-electron chi connectivity index (χ2n) is 7.04. The Balaban J connectivity index is 1.75. The van der Waals surface area contributed by atoms with Crippen LogP contribution in [-0.4, -0.2) is 45.9 Å². The Labute approximate surface area is 207 Å². The molecular weight excluding hydrogens is 518 g/mol. The standard InChI is InChI=1S/C19H16Cl4N6O4/c20-8-3-10(18(32)14(22)16(8)24)27-12(30)5-29(2-1-26-7-29)6-13(31)28-11-4-9(21)17(25)15(23)19(11)33/h1-4,7H,5-6,24-25H2,(H3-,27,28,30,31,32,33)/p+1. The Bertz CT molecular complexity index is 1120. The third-order valence-corrected chi connectivity index (χ3v) is 6.02. The van der Waals surface area contributed by atoms with E-state index in [4.69, 9.17) is 57.9 Å². The number of aromatic hydroxyl groups is 2. The van der Waals surface area contributed by atoms with Crippen LogP contribution in [0.5, 0.6) is 11.5 Å². The van der Waals surface area contributed by atoms with Crippen molar-refractivity contribution in [2.45, 2.75) is 0 Å². The molecule has 1 heterocycles. The van der Waals surface area contributed by atoms with Crippen LogP contribution >= 0.6 is 46.4 Å². The maximum absolute atomic E-state index is 12.7. The molecule has 0 saturated carbocycles. The van der Waals surface area contributed by atoms with E-state index in [-0.39, 0.29) is 60.4 Å². The molecule has 0 unspecified atom stereocenters. The predicted octanol–water partition coefficient (Wildman–Crippen LogP) is 3.78. The van der Waals surface area contributed by atoms with Crippen molar-refractivity contribution in [1.29, 1.82) is 0 Å². The summed E-state index contributed by atoms with van der Waals surface area (Å²) in [6, 6.07) is 2.50. The number of phenols is 2. The van der Waals surface area contributed by atoms with Gasteiger partial charge in [0.2, 0.25) is 0 Å². The number of hydrogen-bond acceptors (Lipinski definition) is 7. The van der Waals surface area contributed by atoms with E-state index < -0.39 is 23.3 Å². The summed E-state index contributed by atoms with van der Waals surface area (Å²) < 4.78 is -0.300. The second kappa shape index (κ2) is 9.54. The van der Waals surface area contributed by atoms with Crippen LogP contribution in [0.3, 0.4) is 0 Å². The minimum atomic E-state index is -0.588. The van der Waals surface area contributed by atoms with Gasteiger partial charge in [-0.3, -0.25) is 9.59 Å². The Morgan fingerprint density at radius 3 is 1.67 bits per heavy atom. The Morgan fingerprint density at radius 1 is 0.879 bits per heavy atom. The van der Waals surface area contributed by atoms with Crippen molar-refractivity contribution < 1.29 is 24.3 Å². The normalized spacial score (nSPS) is 13.8. The maximum Gasteiger partial charge on any atom is 0.280 e. The van der Waals surface area contributed by atoms with Crippen LogP contribution < -0.4 is 22.1 Å². The molecule has 0 aliphatic carbocycles. The summed E-state index contributed by atoms with van der Waals surface area (Å²) in [5.74, 6) is -2.08. The lowest BCUT2D eigenvalue weighted by Crippen LogP contribution is -2.50. The quantitative estimate of drug-likeness (QED) is 0.187. The van der Waals surface area contributed by atoms with Crippen LogP contribution in [-0.2, 0) is 9.59 Å². The summed E-state index contributed by atoms with van der Waals surface area (Å²) in [5.41, 5.74) is 11.1. The molecular formula is C19H17Cl4N6O4+. The zero-order chi connectivity index (χ0) is 24.5. The van der Waals surface area contributed by atoms with Gasteiger partial charge in [-0.15, -0.1) is 0 Å². The van der Waals surface area contributed by atoms with Crippen LogP contribution in [0.2, 0.25) is 20.1 Å². The molecule has 2 amide bonds. The van der Waals surface area contributed by atoms with Crippen LogP contribution in [0.25, 0.3) is 0 Å². The Morgan fingerprint density at radius 2 is 1.30 bits per heavy atom. The first-order valence-electron chi connectivity index (χ1n) is 9.05. The zero-order valence-electron chi connectivity index (χ0n) is 16.6. The fourth-order valence-electron chi connectivity index (χ4n) is 2.98. The van der Waals surface area contributed by atoms with Crippen molar-refractivity contribution in [2.24, 2.45) is 4.99 Å². The summed E-state index contributed by atoms with van der Waals surface area (Å²) in [6.07, 6.45) is 4.32. The molecule has 2 aromatic rings. The van der Waals surface area contributed by atoms with Gasteiger partial charge in [-0.1, -0.05) is 46.4 Å². The maximum atomic E-state index is 12.7. The number of benzene rings is 2. The molecule has 0 fully saturated rings. The first-order valence-corrected chi connectivity index (χ1v) is 10.6. The SMILES string of the molecule is Nc1c(Cl)cc(NC(=O)C[N+]2(CC(=O)Nc3cc(Cl)c(N)c(Cl)c3O)C=CN=C2)c(O)c1Cl. The van der Waals surface area contributed by atoms with Crippen molar-refractivity contribution in [3.8, 4) is 11.5 Å². The third kappa shape index (κ3) is 5.21. The van der Waals surface area contributed by atoms with Crippen LogP contribution in [0.1, 0.15) is 0 Å². The average molecular weight is 535 g/mol. The van der Waals surface area contributed by atoms with E-state index in [1.807, 2.05) is 0 Å². The van der Waals surface area contributed by atoms with E-state index in [1.54, 1.807) is 0 Å². The van der Waals surface area contributed by atoms with Crippen molar-refractivity contribution >= 4 is 87.3 Å². The van der Waals surface area contributed by atoms with Crippen molar-refractivity contribution in [2.75, 3.05) is 35.2 Å². The zero-order valence-corrected chi connectivity index (χ0v) is 19.6. The highest BCUT2D eigenvalue weighted by Gasteiger charge is 2.33. The third-order valence-electron chi connectivity index (χ3n) is 4.63. The Kier molecular flexibility index (Phi) is 7.15. The molecule has 174 valence electrons. The number of carbonyl (C=O) groups excluding carboxylic acids is 2. The lowest BCUT2D eigenvalue weighted by atomic mass is 10.2. The van der Waals surface area contributed by atoms with E-state index in [0.29, 0.717) is 0 Å². The number of nitrogen functional groups attached to an aromatic ring is 2. The van der Waals surface area contributed by atoms with Crippen molar-refractivity contribution in [3.63, 3.8) is 0 Å². The number of rotatable bonds is 6. The van der Waals surface area contributed by atoms with Gasteiger partial charge in [0.1, 0.15) is 16.2 Å². The lowest BCUT2D eigenvalue weighted by Gasteiger charge is -2.26. The minimum absolute atomic E-state index is 0.0326. The highest BCUT2D eigenvalue weighted by atomic mass is 35.5. The number of anilines is 4. The molecule has 3 rings (SSSR count). The Hall–Kier alpha value is -2.89. The van der Waals surface area contributed by atoms with E-state index in [2.05, 4.69) is 15.6 Å². The fourth-order valence-corrected chi connectivity index (χ4v) is 3.89. The van der Waals surface area contributed by atoms with Gasteiger partial charge in [-0.05, 0) is 12.1 Å². The van der Waals surface area contributed by atoms with Gasteiger partial charge in [0.25, 0.3) is 11.8 Å². The van der Waals surface area contributed by atoms with E-state index in [1.165, 1.54) is 30.9 Å². The fraction of sp³-hybridized carbons (Fsp3) is 0.105. The first kappa shape index (κ1) is 24.7. The number of quaternary nitrogens is 1. The van der Waals surface area contributed by atoms with Gasteiger partial charge >= 0.3 is 0 Å². The lowest BCUT2D eigenvalue weighted by molar-refractivity contribution is -0.760. The number of aliphatic imine (C=N–C) groups is 1. The summed E-state index contributed by atoms with van der Waals surface area (Å²) >= 11 is 23.7. The number of carbonyl (C=O) groups is 2. The summed E-state index contributed by atoms with van der Waals surface area (Å²) in [6.45, 7) is -0.552. The number of nitrogens with two attached hydrogens (primary N) is 2. The van der Waals surface area contributed by atoms with Crippen molar-refractivity contribution in [1.82, 2.24) is 0 Å². The molecule has 0 bridgehead atoms. The van der Waals surface area contributed by atoms with Gasteiger partial charge in [0.15, 0.2) is 30.9 Å². The van der Waals surface area contributed by atoms with E-state index >= 15 is 0 Å². The van der Waals surface area contributed by atoms with E-state index in [9.17, 15) is 19.8 Å². The number of hydrogen-bond donors (Lipinski definition) is 6. The number of nitrogens with zero attached hydrogens (tertiary/aromatic N) is 2. The van der Waals surface area contributed by atoms with Crippen LogP contribution in [0.15, 0.2) is 29.5 Å². The molecule has 0 saturated heterocycles. The molecule has 8 N–H and O–H groups in total. The molecule has 0 radical (unpaired) electrons. The number of halogens is 4. The monoisotopic (exact) mass is 533 g/mol. The van der Waals surface area contributed by atoms with Crippen LogP contribution in [0, 0.1) is 0 Å². The molecule has 0 spiro atoms. The number of phenolic OH excluding ortho intramolecular Hbond substituents is 2. The average Bonchev–Trinajstić information content (AvgIpc) is 3.20. The second-order valence-corrected chi connectivity index (χ2v) is 8.61. The predicted molar refractivity (Wildman–Crippen MR) is 130 cm³/mol. The molecule has 1 aliphatic rings. The topological polar surface area (TPSA) is 163 Å². The molecule has 0 aromatic heterocycles. The molecule has 2 aromatic carbocycles. The van der Waals surface area contributed by atoms with Crippen molar-refractivity contribution in [3.05, 3.63) is 44.6 Å². The largest absolute Gasteiger partial charge is 0.504 e. The first-order chi connectivity index (χ1) is 15.4. The number of amides is 2. The highest BCUT2D eigenvalue weighted by Crippen LogP contribution is 2.42. The van der Waals surface area contributed by atoms with Gasteiger partial charge in [0, 0.05) is 0 Å². The minimum Gasteiger partial charge on any atom is -0.504 e. The summed E-state index contributed by atoms with van der Waals surface area (Å²) in [7, 11) is 0.